The number of aromatic nitrogens is 2. The lowest BCUT2D eigenvalue weighted by Crippen LogP contribution is -2.13. The molecule has 106 valence electrons. The van der Waals surface area contributed by atoms with Gasteiger partial charge in [0.05, 0.1) is 18.7 Å². The summed E-state index contributed by atoms with van der Waals surface area (Å²) in [7, 11) is 3.45. The van der Waals surface area contributed by atoms with Gasteiger partial charge < -0.3 is 9.84 Å². The Kier molecular flexibility index (Phi) is 4.08. The number of benzene rings is 1. The van der Waals surface area contributed by atoms with Crippen LogP contribution in [0.4, 0.5) is 0 Å². The Hall–Kier alpha value is -2.30. The minimum Gasteiger partial charge on any atom is -0.497 e. The van der Waals surface area contributed by atoms with Crippen molar-refractivity contribution in [3.8, 4) is 16.9 Å². The van der Waals surface area contributed by atoms with Gasteiger partial charge in [0, 0.05) is 25.2 Å². The number of carbonyl (C=O) groups is 1. The van der Waals surface area contributed by atoms with Gasteiger partial charge in [0.2, 0.25) is 0 Å². The Labute approximate surface area is 117 Å². The molecule has 5 nitrogen and oxygen atoms in total. The third kappa shape index (κ3) is 2.99. The van der Waals surface area contributed by atoms with Crippen molar-refractivity contribution in [3.05, 3.63) is 36.2 Å². The number of methoxy groups -OCH3 is 1. The molecule has 1 unspecified atom stereocenters. The quantitative estimate of drug-likeness (QED) is 0.909. The SMILES string of the molecule is COc1cccc(-c2cn(C)nc2CC(C)C(=O)O)c1. The molecule has 1 N–H and O–H groups in total. The molecule has 2 rings (SSSR count). The smallest absolute Gasteiger partial charge is 0.306 e. The van der Waals surface area contributed by atoms with Crippen LogP contribution in [0.2, 0.25) is 0 Å². The average molecular weight is 274 g/mol. The van der Waals surface area contributed by atoms with Crippen molar-refractivity contribution in [2.75, 3.05) is 7.11 Å². The van der Waals surface area contributed by atoms with Gasteiger partial charge in [0.15, 0.2) is 0 Å². The van der Waals surface area contributed by atoms with Crippen LogP contribution in [-0.4, -0.2) is 28.0 Å². The van der Waals surface area contributed by atoms with E-state index in [2.05, 4.69) is 5.10 Å². The third-order valence-electron chi connectivity index (χ3n) is 3.21. The highest BCUT2D eigenvalue weighted by Gasteiger charge is 2.17. The fourth-order valence-corrected chi connectivity index (χ4v) is 2.09. The summed E-state index contributed by atoms with van der Waals surface area (Å²) in [5.41, 5.74) is 2.71. The topological polar surface area (TPSA) is 64.4 Å². The predicted octanol–water partition coefficient (Wildman–Crippen LogP) is 2.36. The van der Waals surface area contributed by atoms with Gasteiger partial charge in [-0.05, 0) is 17.7 Å². The molecule has 0 saturated heterocycles. The molecule has 0 saturated carbocycles. The number of aliphatic carboxylic acids is 1. The molecule has 2 aromatic rings. The summed E-state index contributed by atoms with van der Waals surface area (Å²) in [6.45, 7) is 1.69. The Morgan fingerprint density at radius 2 is 2.25 bits per heavy atom. The van der Waals surface area contributed by atoms with Gasteiger partial charge in [-0.15, -0.1) is 0 Å². The van der Waals surface area contributed by atoms with Crippen LogP contribution < -0.4 is 4.74 Å². The van der Waals surface area contributed by atoms with Crippen LogP contribution in [0.1, 0.15) is 12.6 Å². The summed E-state index contributed by atoms with van der Waals surface area (Å²) in [6.07, 6.45) is 2.31. The molecule has 0 aliphatic carbocycles. The molecule has 0 radical (unpaired) electrons. The summed E-state index contributed by atoms with van der Waals surface area (Å²) in [5, 5.41) is 13.4. The number of aryl methyl sites for hydroxylation is 1. The summed E-state index contributed by atoms with van der Waals surface area (Å²) in [6, 6.07) is 7.67. The first-order chi connectivity index (χ1) is 9.51. The summed E-state index contributed by atoms with van der Waals surface area (Å²) in [4.78, 5) is 11.0. The largest absolute Gasteiger partial charge is 0.497 e. The molecular formula is C15H18N2O3. The fourth-order valence-electron chi connectivity index (χ4n) is 2.09. The van der Waals surface area contributed by atoms with Crippen molar-refractivity contribution in [2.45, 2.75) is 13.3 Å². The molecule has 0 spiro atoms. The minimum absolute atomic E-state index is 0.405. The van der Waals surface area contributed by atoms with Gasteiger partial charge >= 0.3 is 5.97 Å². The predicted molar refractivity (Wildman–Crippen MR) is 75.7 cm³/mol. The van der Waals surface area contributed by atoms with Crippen LogP contribution >= 0.6 is 0 Å². The molecule has 0 aliphatic heterocycles. The van der Waals surface area contributed by atoms with E-state index < -0.39 is 11.9 Å². The van der Waals surface area contributed by atoms with E-state index in [4.69, 9.17) is 9.84 Å². The Morgan fingerprint density at radius 1 is 1.50 bits per heavy atom. The van der Waals surface area contributed by atoms with Crippen LogP contribution in [0.15, 0.2) is 30.5 Å². The van der Waals surface area contributed by atoms with E-state index in [1.54, 1.807) is 18.7 Å². The number of carboxylic acids is 1. The molecule has 0 fully saturated rings. The van der Waals surface area contributed by atoms with Crippen molar-refractivity contribution in [2.24, 2.45) is 13.0 Å². The lowest BCUT2D eigenvalue weighted by molar-refractivity contribution is -0.141. The van der Waals surface area contributed by atoms with Gasteiger partial charge in [-0.25, -0.2) is 0 Å². The third-order valence-corrected chi connectivity index (χ3v) is 3.21. The van der Waals surface area contributed by atoms with Gasteiger partial charge in [0.1, 0.15) is 5.75 Å². The molecule has 5 heteroatoms. The average Bonchev–Trinajstić information content (AvgIpc) is 2.79. The molecule has 1 aromatic heterocycles. The van der Waals surface area contributed by atoms with Crippen molar-refractivity contribution < 1.29 is 14.6 Å². The molecule has 0 aliphatic rings. The molecular weight excluding hydrogens is 256 g/mol. The first-order valence-electron chi connectivity index (χ1n) is 6.41. The summed E-state index contributed by atoms with van der Waals surface area (Å²) >= 11 is 0. The van der Waals surface area contributed by atoms with Gasteiger partial charge in [-0.3, -0.25) is 9.48 Å². The molecule has 20 heavy (non-hydrogen) atoms. The van der Waals surface area contributed by atoms with E-state index in [1.165, 1.54) is 0 Å². The van der Waals surface area contributed by atoms with Crippen molar-refractivity contribution in [1.29, 1.82) is 0 Å². The highest BCUT2D eigenvalue weighted by atomic mass is 16.5. The molecule has 0 bridgehead atoms. The second-order valence-corrected chi connectivity index (χ2v) is 4.84. The van der Waals surface area contributed by atoms with Crippen molar-refractivity contribution >= 4 is 5.97 Å². The van der Waals surface area contributed by atoms with Gasteiger partial charge in [-0.2, -0.15) is 5.10 Å². The van der Waals surface area contributed by atoms with Crippen molar-refractivity contribution in [3.63, 3.8) is 0 Å². The monoisotopic (exact) mass is 274 g/mol. The lowest BCUT2D eigenvalue weighted by atomic mass is 9.99. The van der Waals surface area contributed by atoms with E-state index in [0.29, 0.717) is 6.42 Å². The number of carboxylic acid groups (broad SMARTS) is 1. The number of rotatable bonds is 5. The highest BCUT2D eigenvalue weighted by molar-refractivity contribution is 5.72. The normalized spacial score (nSPS) is 12.2. The van der Waals surface area contributed by atoms with Crippen LogP contribution in [-0.2, 0) is 18.3 Å². The maximum absolute atomic E-state index is 11.0. The number of nitrogens with zero attached hydrogens (tertiary/aromatic N) is 2. The molecule has 1 atom stereocenters. The zero-order chi connectivity index (χ0) is 14.7. The lowest BCUT2D eigenvalue weighted by Gasteiger charge is -2.07. The molecule has 1 aromatic carbocycles. The van der Waals surface area contributed by atoms with Crippen LogP contribution in [0.25, 0.3) is 11.1 Å². The first kappa shape index (κ1) is 14.1. The molecule has 1 heterocycles. The van der Waals surface area contributed by atoms with Crippen LogP contribution in [0.3, 0.4) is 0 Å². The highest BCUT2D eigenvalue weighted by Crippen LogP contribution is 2.27. The Balaban J connectivity index is 2.38. The number of ether oxygens (including phenoxy) is 1. The van der Waals surface area contributed by atoms with Gasteiger partial charge in [-0.1, -0.05) is 19.1 Å². The van der Waals surface area contributed by atoms with E-state index in [-0.39, 0.29) is 0 Å². The van der Waals surface area contributed by atoms with E-state index >= 15 is 0 Å². The first-order valence-corrected chi connectivity index (χ1v) is 6.41. The van der Waals surface area contributed by atoms with Gasteiger partial charge in [0.25, 0.3) is 0 Å². The number of hydrogen-bond donors (Lipinski definition) is 1. The maximum Gasteiger partial charge on any atom is 0.306 e. The zero-order valence-electron chi connectivity index (χ0n) is 11.8. The maximum atomic E-state index is 11.0. The van der Waals surface area contributed by atoms with Crippen molar-refractivity contribution in [1.82, 2.24) is 9.78 Å². The number of hydrogen-bond acceptors (Lipinski definition) is 3. The second-order valence-electron chi connectivity index (χ2n) is 4.84. The summed E-state index contributed by atoms with van der Waals surface area (Å²) < 4.78 is 6.93. The second kappa shape index (κ2) is 5.77. The van der Waals surface area contributed by atoms with E-state index in [0.717, 1.165) is 22.6 Å². The zero-order valence-corrected chi connectivity index (χ0v) is 11.8. The molecule has 0 amide bonds. The fraction of sp³-hybridized carbons (Fsp3) is 0.333. The standard InChI is InChI=1S/C15H18N2O3/c1-10(15(18)19)7-14-13(9-17(2)16-14)11-5-4-6-12(8-11)20-3/h4-6,8-10H,7H2,1-3H3,(H,18,19). The van der Waals surface area contributed by atoms with Crippen LogP contribution in [0, 0.1) is 5.92 Å². The summed E-state index contributed by atoms with van der Waals surface area (Å²) in [5.74, 6) is -0.509. The Bertz CT molecular complexity index is 619. The Morgan fingerprint density at radius 3 is 2.90 bits per heavy atom. The van der Waals surface area contributed by atoms with E-state index in [9.17, 15) is 4.79 Å². The van der Waals surface area contributed by atoms with Crippen LogP contribution in [0.5, 0.6) is 5.75 Å². The minimum atomic E-state index is -0.813. The van der Waals surface area contributed by atoms with E-state index in [1.807, 2.05) is 37.5 Å².